The van der Waals surface area contributed by atoms with Crippen LogP contribution in [-0.2, 0) is 0 Å². The minimum atomic E-state index is 0.151. The molecule has 2 rings (SSSR count). The van der Waals surface area contributed by atoms with Gasteiger partial charge in [-0.2, -0.15) is 0 Å². The zero-order valence-corrected chi connectivity index (χ0v) is 17.6. The van der Waals surface area contributed by atoms with Crippen LogP contribution in [0.25, 0.3) is 6.08 Å². The van der Waals surface area contributed by atoms with Crippen molar-refractivity contribution < 1.29 is 5.11 Å². The van der Waals surface area contributed by atoms with E-state index in [9.17, 15) is 5.11 Å². The van der Waals surface area contributed by atoms with Gasteiger partial charge < -0.3 is 16.6 Å². The fourth-order valence-corrected chi connectivity index (χ4v) is 2.07. The number of hydrogen-bond acceptors (Lipinski definition) is 3. The number of aliphatic hydroxyl groups is 1. The van der Waals surface area contributed by atoms with Gasteiger partial charge in [0.1, 0.15) is 0 Å². The largest absolute Gasteiger partial charge is 0.399 e. The third-order valence-corrected chi connectivity index (χ3v) is 2.98. The molecule has 0 heterocycles. The van der Waals surface area contributed by atoms with E-state index >= 15 is 0 Å². The van der Waals surface area contributed by atoms with Crippen molar-refractivity contribution in [2.45, 2.75) is 61.3 Å². The molecule has 0 saturated carbocycles. The zero-order chi connectivity index (χ0) is 20.4. The minimum absolute atomic E-state index is 0.151. The number of hydrogen-bond donors (Lipinski definition) is 3. The second kappa shape index (κ2) is 18.3. The molecule has 0 fully saturated rings. The topological polar surface area (TPSA) is 72.3 Å². The number of allylic oxidation sites excluding steroid dienone is 2. The number of rotatable bonds is 2. The lowest BCUT2D eigenvalue weighted by Crippen LogP contribution is -2.02. The molecule has 0 radical (unpaired) electrons. The van der Waals surface area contributed by atoms with Gasteiger partial charge in [-0.1, -0.05) is 71.9 Å². The first-order valence-electron chi connectivity index (χ1n) is 9.25. The number of anilines is 1. The Morgan fingerprint density at radius 3 is 2.04 bits per heavy atom. The van der Waals surface area contributed by atoms with Crippen molar-refractivity contribution >= 4 is 11.8 Å². The normalized spacial score (nSPS) is 13.3. The molecule has 1 aromatic rings. The molecule has 0 aliphatic heterocycles. The van der Waals surface area contributed by atoms with Crippen LogP contribution in [0.2, 0.25) is 0 Å². The molecule has 1 aliphatic rings. The average Bonchev–Trinajstić information content (AvgIpc) is 2.95. The van der Waals surface area contributed by atoms with E-state index < -0.39 is 0 Å². The fourth-order valence-electron chi connectivity index (χ4n) is 2.07. The lowest BCUT2D eigenvalue weighted by Gasteiger charge is -2.10. The van der Waals surface area contributed by atoms with E-state index in [1.54, 1.807) is 6.08 Å². The first-order chi connectivity index (χ1) is 12.0. The third kappa shape index (κ3) is 11.2. The van der Waals surface area contributed by atoms with E-state index in [4.69, 9.17) is 11.5 Å². The molecule has 1 aliphatic carbocycles. The van der Waals surface area contributed by atoms with Crippen LogP contribution < -0.4 is 11.5 Å². The van der Waals surface area contributed by atoms with Crippen molar-refractivity contribution in [3.63, 3.8) is 0 Å². The molecule has 25 heavy (non-hydrogen) atoms. The highest BCUT2D eigenvalue weighted by Gasteiger charge is 2.21. The number of benzene rings is 1. The Hall–Kier alpha value is -2.00. The van der Waals surface area contributed by atoms with Gasteiger partial charge in [-0.3, -0.25) is 0 Å². The highest BCUT2D eigenvalue weighted by Crippen LogP contribution is 2.36. The third-order valence-electron chi connectivity index (χ3n) is 2.98. The Balaban J connectivity index is -0.000000343. The second-order valence-electron chi connectivity index (χ2n) is 4.59. The van der Waals surface area contributed by atoms with Crippen molar-refractivity contribution in [3.8, 4) is 0 Å². The maximum atomic E-state index is 9.19. The molecule has 5 N–H and O–H groups in total. The van der Waals surface area contributed by atoms with Gasteiger partial charge in [-0.25, -0.2) is 0 Å². The van der Waals surface area contributed by atoms with E-state index in [1.807, 2.05) is 79.7 Å². The zero-order valence-electron chi connectivity index (χ0n) is 17.6. The van der Waals surface area contributed by atoms with Crippen LogP contribution in [0, 0.1) is 0 Å². The van der Waals surface area contributed by atoms with Crippen molar-refractivity contribution in [1.29, 1.82) is 0 Å². The smallest absolute Gasteiger partial charge is 0.0537 e. The van der Waals surface area contributed by atoms with Gasteiger partial charge in [0, 0.05) is 17.3 Å². The van der Waals surface area contributed by atoms with E-state index in [0.717, 1.165) is 11.3 Å². The quantitative estimate of drug-likeness (QED) is 0.462. The van der Waals surface area contributed by atoms with Crippen LogP contribution in [0.5, 0.6) is 0 Å². The second-order valence-corrected chi connectivity index (χ2v) is 4.59. The summed E-state index contributed by atoms with van der Waals surface area (Å²) in [6.07, 6.45) is 5.71. The summed E-state index contributed by atoms with van der Waals surface area (Å²) in [5, 5.41) is 9.19. The molecule has 0 aromatic heterocycles. The molecule has 0 bridgehead atoms. The number of aliphatic hydroxyl groups excluding tert-OH is 1. The van der Waals surface area contributed by atoms with Crippen LogP contribution in [0.15, 0.2) is 48.2 Å². The van der Waals surface area contributed by atoms with Crippen LogP contribution in [0.1, 0.15) is 72.4 Å². The molecule has 144 valence electrons. The Morgan fingerprint density at radius 2 is 1.68 bits per heavy atom. The molecule has 0 amide bonds. The van der Waals surface area contributed by atoms with Gasteiger partial charge in [0.25, 0.3) is 0 Å². The monoisotopic (exact) mass is 348 g/mol. The highest BCUT2D eigenvalue weighted by atomic mass is 16.3. The summed E-state index contributed by atoms with van der Waals surface area (Å²) in [5.41, 5.74) is 15.7. The van der Waals surface area contributed by atoms with E-state index in [1.165, 1.54) is 11.1 Å². The first-order valence-corrected chi connectivity index (χ1v) is 9.25. The minimum Gasteiger partial charge on any atom is -0.399 e. The van der Waals surface area contributed by atoms with Crippen molar-refractivity contribution in [3.05, 3.63) is 59.3 Å². The molecular formula is C22H40N2O. The van der Waals surface area contributed by atoms with Gasteiger partial charge in [0.2, 0.25) is 0 Å². The fraction of sp³-hybridized carbons (Fsp3) is 0.455. The molecule has 0 spiro atoms. The standard InChI is InChI=1S/C11H13NO.C5H9N.3C2H6/c1-7-4-8-2-3-9(12)5-10(8)11(7)6-13;1-3-4-5(2)6;3*1-2/h2-5,11,13H,6,12H2,1H3;3-4H,2,6H2,1H3;3*1-2H3/b;4-3-;;;. The predicted molar refractivity (Wildman–Crippen MR) is 117 cm³/mol. The van der Waals surface area contributed by atoms with Crippen molar-refractivity contribution in [2.24, 2.45) is 5.73 Å². The summed E-state index contributed by atoms with van der Waals surface area (Å²) in [6.45, 7) is 19.5. The summed E-state index contributed by atoms with van der Waals surface area (Å²) in [7, 11) is 0. The summed E-state index contributed by atoms with van der Waals surface area (Å²) in [6, 6.07) is 5.84. The highest BCUT2D eigenvalue weighted by molar-refractivity contribution is 5.68. The van der Waals surface area contributed by atoms with E-state index in [2.05, 4.69) is 12.7 Å². The lowest BCUT2D eigenvalue weighted by molar-refractivity contribution is 0.280. The molecule has 1 unspecified atom stereocenters. The lowest BCUT2D eigenvalue weighted by atomic mass is 9.97. The van der Waals surface area contributed by atoms with Crippen LogP contribution >= 0.6 is 0 Å². The maximum absolute atomic E-state index is 9.19. The van der Waals surface area contributed by atoms with Crippen LogP contribution in [-0.4, -0.2) is 11.7 Å². The summed E-state index contributed by atoms with van der Waals surface area (Å²) >= 11 is 0. The average molecular weight is 349 g/mol. The van der Waals surface area contributed by atoms with Gasteiger partial charge in [0.15, 0.2) is 0 Å². The molecule has 3 heteroatoms. The predicted octanol–water partition coefficient (Wildman–Crippen LogP) is 5.88. The van der Waals surface area contributed by atoms with E-state index in [-0.39, 0.29) is 12.5 Å². The Bertz CT molecular complexity index is 517. The summed E-state index contributed by atoms with van der Waals surface area (Å²) < 4.78 is 0. The van der Waals surface area contributed by atoms with Crippen molar-refractivity contribution in [1.82, 2.24) is 0 Å². The number of nitrogens with two attached hydrogens (primary N) is 2. The number of fused-ring (bicyclic) bond motifs is 1. The summed E-state index contributed by atoms with van der Waals surface area (Å²) in [4.78, 5) is 0. The molecule has 3 nitrogen and oxygen atoms in total. The molecule has 1 aromatic carbocycles. The van der Waals surface area contributed by atoms with Gasteiger partial charge >= 0.3 is 0 Å². The van der Waals surface area contributed by atoms with Crippen molar-refractivity contribution in [2.75, 3.05) is 12.3 Å². The Kier molecular flexibility index (Phi) is 20.4. The van der Waals surface area contributed by atoms with Gasteiger partial charge in [-0.05, 0) is 43.2 Å². The van der Waals surface area contributed by atoms with Gasteiger partial charge in [0.05, 0.1) is 6.61 Å². The first kappa shape index (κ1) is 27.8. The van der Waals surface area contributed by atoms with Gasteiger partial charge in [-0.15, -0.1) is 0 Å². The summed E-state index contributed by atoms with van der Waals surface area (Å²) in [5.74, 6) is 0.151. The van der Waals surface area contributed by atoms with E-state index in [0.29, 0.717) is 5.70 Å². The Labute approximate surface area is 156 Å². The molecular weight excluding hydrogens is 308 g/mol. The SMILES string of the molecule is C=C(N)/C=C\C.CC.CC.CC.CC1=Cc2ccc(N)cc2C1CO. The Morgan fingerprint density at radius 1 is 1.16 bits per heavy atom. The maximum Gasteiger partial charge on any atom is 0.0537 e. The van der Waals surface area contributed by atoms with Crippen LogP contribution in [0.4, 0.5) is 5.69 Å². The van der Waals surface area contributed by atoms with Crippen LogP contribution in [0.3, 0.4) is 0 Å². The number of nitrogen functional groups attached to an aromatic ring is 1. The molecule has 1 atom stereocenters. The molecule has 0 saturated heterocycles.